The average Bonchev–Trinajstić information content (AvgIpc) is 2.99. The van der Waals surface area contributed by atoms with Crippen molar-refractivity contribution in [3.8, 4) is 0 Å². The molecule has 7 heteroatoms. The highest BCUT2D eigenvalue weighted by molar-refractivity contribution is 8.15. The molecular weight excluding hydrogens is 318 g/mol. The van der Waals surface area contributed by atoms with Crippen molar-refractivity contribution < 1.29 is 13.2 Å². The lowest BCUT2D eigenvalue weighted by Gasteiger charge is -2.14. The summed E-state index contributed by atoms with van der Waals surface area (Å²) in [5.41, 5.74) is 1.11. The van der Waals surface area contributed by atoms with Crippen LogP contribution < -0.4 is 5.32 Å². The van der Waals surface area contributed by atoms with E-state index in [1.165, 1.54) is 0 Å². The molecule has 1 aliphatic carbocycles. The lowest BCUT2D eigenvalue weighted by molar-refractivity contribution is 0.0943. The number of thiophene rings is 1. The molecule has 0 radical (unpaired) electrons. The van der Waals surface area contributed by atoms with Crippen LogP contribution in [0.1, 0.15) is 48.5 Å². The molecule has 0 atom stereocenters. The molecule has 1 aromatic heterocycles. The molecule has 1 heterocycles. The highest BCUT2D eigenvalue weighted by atomic mass is 35.7. The van der Waals surface area contributed by atoms with Crippen molar-refractivity contribution >= 4 is 37.0 Å². The maximum atomic E-state index is 12.1. The minimum atomic E-state index is -3.78. The minimum absolute atomic E-state index is 0.0546. The second-order valence-electron chi connectivity index (χ2n) is 5.43. The van der Waals surface area contributed by atoms with Crippen molar-refractivity contribution in [2.24, 2.45) is 5.41 Å². The Labute approximate surface area is 127 Å². The van der Waals surface area contributed by atoms with Crippen LogP contribution in [0.3, 0.4) is 0 Å². The minimum Gasteiger partial charge on any atom is -0.351 e. The number of rotatable bonds is 6. The highest BCUT2D eigenvalue weighted by Gasteiger charge is 2.41. The van der Waals surface area contributed by atoms with Crippen molar-refractivity contribution in [2.75, 3.05) is 6.54 Å². The zero-order valence-corrected chi connectivity index (χ0v) is 13.9. The largest absolute Gasteiger partial charge is 0.351 e. The summed E-state index contributed by atoms with van der Waals surface area (Å²) < 4.78 is 22.7. The van der Waals surface area contributed by atoms with Gasteiger partial charge in [-0.15, -0.1) is 11.3 Å². The summed E-state index contributed by atoms with van der Waals surface area (Å²) >= 11 is 0.990. The molecule has 112 valence electrons. The third-order valence-corrected chi connectivity index (χ3v) is 7.13. The molecule has 0 bridgehead atoms. The van der Waals surface area contributed by atoms with E-state index in [0.717, 1.165) is 37.0 Å². The van der Waals surface area contributed by atoms with Crippen LogP contribution in [0.5, 0.6) is 0 Å². The fourth-order valence-corrected chi connectivity index (χ4v) is 5.00. The van der Waals surface area contributed by atoms with E-state index in [1.807, 2.05) is 0 Å². The molecule has 1 N–H and O–H groups in total. The van der Waals surface area contributed by atoms with Crippen LogP contribution in [0, 0.1) is 12.3 Å². The molecular formula is C13H18ClNO3S2. The lowest BCUT2D eigenvalue weighted by atomic mass is 10.0. The van der Waals surface area contributed by atoms with Gasteiger partial charge in [0.05, 0.1) is 5.56 Å². The van der Waals surface area contributed by atoms with Crippen LogP contribution >= 0.6 is 22.0 Å². The van der Waals surface area contributed by atoms with Gasteiger partial charge in [0.25, 0.3) is 15.0 Å². The SMILES string of the molecule is CCCC1(CNC(=O)c2csc(S(=O)(=O)Cl)c2C)CC1. The van der Waals surface area contributed by atoms with E-state index in [2.05, 4.69) is 12.2 Å². The summed E-state index contributed by atoms with van der Waals surface area (Å²) in [6, 6.07) is 0. The van der Waals surface area contributed by atoms with Crippen LogP contribution in [0.25, 0.3) is 0 Å². The first kappa shape index (κ1) is 15.8. The van der Waals surface area contributed by atoms with E-state index in [9.17, 15) is 13.2 Å². The van der Waals surface area contributed by atoms with Crippen LogP contribution in [0.15, 0.2) is 9.59 Å². The first-order valence-corrected chi connectivity index (χ1v) is 9.79. The Morgan fingerprint density at radius 3 is 2.60 bits per heavy atom. The zero-order chi connectivity index (χ0) is 15.0. The first-order valence-electron chi connectivity index (χ1n) is 6.60. The quantitative estimate of drug-likeness (QED) is 0.811. The number of halogens is 1. The van der Waals surface area contributed by atoms with Crippen LogP contribution in [0.4, 0.5) is 0 Å². The average molecular weight is 336 g/mol. The molecule has 1 aromatic rings. The number of hydrogen-bond acceptors (Lipinski definition) is 4. The van der Waals surface area contributed by atoms with Gasteiger partial charge >= 0.3 is 0 Å². The van der Waals surface area contributed by atoms with Crippen molar-refractivity contribution in [2.45, 2.75) is 43.7 Å². The predicted molar refractivity (Wildman–Crippen MR) is 81.0 cm³/mol. The van der Waals surface area contributed by atoms with Gasteiger partial charge < -0.3 is 5.32 Å². The Morgan fingerprint density at radius 2 is 2.15 bits per heavy atom. The van der Waals surface area contributed by atoms with E-state index < -0.39 is 9.05 Å². The molecule has 0 aliphatic heterocycles. The zero-order valence-electron chi connectivity index (χ0n) is 11.5. The van der Waals surface area contributed by atoms with Gasteiger partial charge in [-0.25, -0.2) is 8.42 Å². The Hall–Kier alpha value is -0.590. The number of carbonyl (C=O) groups excluding carboxylic acids is 1. The number of nitrogens with one attached hydrogen (secondary N) is 1. The van der Waals surface area contributed by atoms with Gasteiger partial charge in [0.1, 0.15) is 4.21 Å². The van der Waals surface area contributed by atoms with E-state index in [1.54, 1.807) is 12.3 Å². The Kier molecular flexibility index (Phi) is 4.47. The van der Waals surface area contributed by atoms with Crippen molar-refractivity contribution in [3.63, 3.8) is 0 Å². The van der Waals surface area contributed by atoms with E-state index in [0.29, 0.717) is 17.7 Å². The smallest absolute Gasteiger partial charge is 0.271 e. The van der Waals surface area contributed by atoms with E-state index in [-0.39, 0.29) is 15.5 Å². The third-order valence-electron chi connectivity index (χ3n) is 3.82. The van der Waals surface area contributed by atoms with Crippen LogP contribution in [0.2, 0.25) is 0 Å². The Bertz CT molecular complexity index is 618. The van der Waals surface area contributed by atoms with Gasteiger partial charge in [-0.05, 0) is 37.2 Å². The molecule has 1 aliphatic rings. The fraction of sp³-hybridized carbons (Fsp3) is 0.615. The molecule has 2 rings (SSSR count). The van der Waals surface area contributed by atoms with Crippen LogP contribution in [-0.2, 0) is 9.05 Å². The Morgan fingerprint density at radius 1 is 1.50 bits per heavy atom. The molecule has 0 spiro atoms. The van der Waals surface area contributed by atoms with E-state index >= 15 is 0 Å². The van der Waals surface area contributed by atoms with Crippen molar-refractivity contribution in [1.29, 1.82) is 0 Å². The summed E-state index contributed by atoms with van der Waals surface area (Å²) in [6.07, 6.45) is 4.55. The lowest BCUT2D eigenvalue weighted by Crippen LogP contribution is -2.30. The van der Waals surface area contributed by atoms with Gasteiger partial charge in [-0.1, -0.05) is 13.3 Å². The topological polar surface area (TPSA) is 63.2 Å². The predicted octanol–water partition coefficient (Wildman–Crippen LogP) is 3.29. The molecule has 1 fully saturated rings. The molecule has 0 saturated heterocycles. The molecule has 20 heavy (non-hydrogen) atoms. The summed E-state index contributed by atoms with van der Waals surface area (Å²) in [5.74, 6) is -0.215. The maximum absolute atomic E-state index is 12.1. The molecule has 1 amide bonds. The number of amides is 1. The fourth-order valence-electron chi connectivity index (χ4n) is 2.45. The number of carbonyl (C=O) groups is 1. The maximum Gasteiger partial charge on any atom is 0.271 e. The second kappa shape index (κ2) is 5.66. The number of hydrogen-bond donors (Lipinski definition) is 1. The second-order valence-corrected chi connectivity index (χ2v) is 9.07. The van der Waals surface area contributed by atoms with Crippen molar-refractivity contribution in [3.05, 3.63) is 16.5 Å². The summed E-state index contributed by atoms with van der Waals surface area (Å²) in [7, 11) is 1.56. The third kappa shape index (κ3) is 3.35. The monoisotopic (exact) mass is 335 g/mol. The van der Waals surface area contributed by atoms with Gasteiger partial charge in [0, 0.05) is 22.6 Å². The molecule has 0 aromatic carbocycles. The summed E-state index contributed by atoms with van der Waals surface area (Å²) in [4.78, 5) is 12.1. The highest BCUT2D eigenvalue weighted by Crippen LogP contribution is 2.49. The summed E-state index contributed by atoms with van der Waals surface area (Å²) in [5, 5.41) is 4.48. The normalized spacial score (nSPS) is 16.9. The van der Waals surface area contributed by atoms with Crippen LogP contribution in [-0.4, -0.2) is 20.9 Å². The van der Waals surface area contributed by atoms with E-state index in [4.69, 9.17) is 10.7 Å². The van der Waals surface area contributed by atoms with Gasteiger partial charge in [0.15, 0.2) is 0 Å². The van der Waals surface area contributed by atoms with Gasteiger partial charge in [-0.3, -0.25) is 4.79 Å². The molecule has 4 nitrogen and oxygen atoms in total. The van der Waals surface area contributed by atoms with Crippen molar-refractivity contribution in [1.82, 2.24) is 5.32 Å². The first-order chi connectivity index (χ1) is 9.29. The van der Waals surface area contributed by atoms with Gasteiger partial charge in [-0.2, -0.15) is 0 Å². The molecule has 0 unspecified atom stereocenters. The Balaban J connectivity index is 2.05. The van der Waals surface area contributed by atoms with Gasteiger partial charge in [0.2, 0.25) is 0 Å². The molecule has 1 saturated carbocycles. The summed E-state index contributed by atoms with van der Waals surface area (Å²) in [6.45, 7) is 4.42. The standard InChI is InChI=1S/C13H18ClNO3S2/c1-3-4-13(5-6-13)8-15-11(16)10-7-19-12(9(10)2)20(14,17)18/h7H,3-6,8H2,1-2H3,(H,15,16).